The Hall–Kier alpha value is 0.452. The minimum absolute atomic E-state index is 0.0994. The summed E-state index contributed by atoms with van der Waals surface area (Å²) >= 11 is -0.926. The van der Waals surface area contributed by atoms with Gasteiger partial charge in [-0.3, -0.25) is 0 Å². The molecule has 0 aromatic carbocycles. The molecule has 0 bridgehead atoms. The Labute approximate surface area is 79.7 Å². The summed E-state index contributed by atoms with van der Waals surface area (Å²) < 4.78 is -0.261. The highest BCUT2D eigenvalue weighted by Gasteiger charge is 2.71. The van der Waals surface area contributed by atoms with E-state index in [0.29, 0.717) is 0 Å². The molecule has 0 aromatic rings. The summed E-state index contributed by atoms with van der Waals surface area (Å²) in [6.07, 6.45) is 2.44. The van der Waals surface area contributed by atoms with Crippen LogP contribution in [0.3, 0.4) is 0 Å². The molecule has 2 unspecified atom stereocenters. The zero-order valence-corrected chi connectivity index (χ0v) is 9.80. The van der Waals surface area contributed by atoms with Crippen molar-refractivity contribution in [2.24, 2.45) is 0 Å². The van der Waals surface area contributed by atoms with Gasteiger partial charge < -0.3 is 10.4 Å². The standard InChI is InChI=1S/C8H17NO.CH3.Al/c1-4-5-6-9-7(2)8(3)10;;/h9-10H,4-6H2,1-3H3;1H3;. The molecule has 3 heteroatoms. The molecule has 1 saturated heterocycles. The zero-order valence-electron chi connectivity index (χ0n) is 8.65. The summed E-state index contributed by atoms with van der Waals surface area (Å²) in [6.45, 7) is 7.39. The molecule has 2 atom stereocenters. The largest absolute Gasteiger partial charge is 0.405 e. The van der Waals surface area contributed by atoms with Crippen molar-refractivity contribution in [2.45, 2.75) is 48.3 Å². The summed E-state index contributed by atoms with van der Waals surface area (Å²) in [5.74, 6) is 2.24. The van der Waals surface area contributed by atoms with Gasteiger partial charge in [0.25, 0.3) is 0 Å². The lowest BCUT2D eigenvalue weighted by Crippen LogP contribution is -2.37. The second kappa shape index (κ2) is 3.31. The molecule has 0 aromatic heterocycles. The van der Waals surface area contributed by atoms with Gasteiger partial charge in [-0.15, -0.1) is 5.79 Å². The smallest absolute Gasteiger partial charge is 0.337 e. The third-order valence-electron chi connectivity index (χ3n) is 3.70. The molecule has 1 heterocycles. The fourth-order valence-corrected chi connectivity index (χ4v) is 5.01. The van der Waals surface area contributed by atoms with Crippen LogP contribution in [0.25, 0.3) is 0 Å². The van der Waals surface area contributed by atoms with Gasteiger partial charge in [0.1, 0.15) is 0 Å². The first kappa shape index (κ1) is 10.5. The molecule has 0 amide bonds. The van der Waals surface area contributed by atoms with Crippen LogP contribution in [0.15, 0.2) is 0 Å². The maximum Gasteiger partial charge on any atom is 0.337 e. The van der Waals surface area contributed by atoms with Gasteiger partial charge in [-0.05, 0) is 24.3 Å². The van der Waals surface area contributed by atoms with E-state index in [1.807, 2.05) is 6.92 Å². The van der Waals surface area contributed by atoms with Crippen molar-refractivity contribution < 1.29 is 5.11 Å². The fourth-order valence-electron chi connectivity index (χ4n) is 1.89. The van der Waals surface area contributed by atoms with Crippen molar-refractivity contribution in [1.82, 2.24) is 5.32 Å². The molecule has 2 nitrogen and oxygen atoms in total. The summed E-state index contributed by atoms with van der Waals surface area (Å²) in [4.78, 5) is 0. The Morgan fingerprint density at radius 2 is 1.92 bits per heavy atom. The van der Waals surface area contributed by atoms with E-state index in [9.17, 15) is 5.11 Å². The van der Waals surface area contributed by atoms with Crippen molar-refractivity contribution in [3.05, 3.63) is 0 Å². The minimum atomic E-state index is -0.926. The number of hydrogen-bond donors (Lipinski definition) is 2. The first-order valence-corrected chi connectivity index (χ1v) is 7.25. The van der Waals surface area contributed by atoms with Crippen LogP contribution >= 0.6 is 0 Å². The monoisotopic (exact) mass is 185 g/mol. The third kappa shape index (κ3) is 1.44. The van der Waals surface area contributed by atoms with Gasteiger partial charge in [0.15, 0.2) is 0 Å². The lowest BCUT2D eigenvalue weighted by atomic mass is 10.2. The highest BCUT2D eigenvalue weighted by molar-refractivity contribution is 6.77. The normalized spacial score (nSPS) is 40.2. The fraction of sp³-hybridized carbons (Fsp3) is 1.00. The van der Waals surface area contributed by atoms with Gasteiger partial charge in [-0.25, -0.2) is 0 Å². The van der Waals surface area contributed by atoms with Crippen molar-refractivity contribution in [1.29, 1.82) is 0 Å². The number of aliphatic hydroxyl groups is 1. The predicted molar refractivity (Wildman–Crippen MR) is 53.6 cm³/mol. The van der Waals surface area contributed by atoms with E-state index in [2.05, 4.69) is 24.9 Å². The predicted octanol–water partition coefficient (Wildman–Crippen LogP) is 1.10. The van der Waals surface area contributed by atoms with Crippen LogP contribution in [0.5, 0.6) is 0 Å². The molecule has 0 aliphatic carbocycles. The molecule has 1 rings (SSSR count). The van der Waals surface area contributed by atoms with Crippen molar-refractivity contribution in [3.63, 3.8) is 0 Å². The van der Waals surface area contributed by atoms with Gasteiger partial charge >= 0.3 is 14.1 Å². The van der Waals surface area contributed by atoms with E-state index >= 15 is 0 Å². The average molecular weight is 185 g/mol. The number of unbranched alkanes of at least 4 members (excludes halogenated alkanes) is 1. The molecule has 12 heavy (non-hydrogen) atoms. The minimum Gasteiger partial charge on any atom is -0.405 e. The maximum absolute atomic E-state index is 9.92. The van der Waals surface area contributed by atoms with Crippen molar-refractivity contribution >= 4 is 14.1 Å². The Balaban J connectivity index is 2.34. The molecule has 0 saturated carbocycles. The lowest BCUT2D eigenvalue weighted by Gasteiger charge is -2.18. The SMILES string of the molecule is CCCCN[C]1(C)[Al]([CH3])[C]1(C)O. The molecule has 2 N–H and O–H groups in total. The molecule has 0 radical (unpaired) electrons. The van der Waals surface area contributed by atoms with Gasteiger partial charge in [-0.1, -0.05) is 20.3 Å². The maximum atomic E-state index is 9.92. The first-order chi connectivity index (χ1) is 5.47. The zero-order chi connectivity index (χ0) is 9.41. The Bertz CT molecular complexity index is 172. The Morgan fingerprint density at radius 1 is 1.42 bits per heavy atom. The second-order valence-electron chi connectivity index (χ2n) is 4.35. The average Bonchev–Trinajstić information content (AvgIpc) is 2.36. The lowest BCUT2D eigenvalue weighted by molar-refractivity contribution is 0.147. The summed E-state index contributed by atoms with van der Waals surface area (Å²) in [5.41, 5.74) is 0. The quantitative estimate of drug-likeness (QED) is 0.508. The van der Waals surface area contributed by atoms with Crippen LogP contribution in [0.2, 0.25) is 5.79 Å². The number of nitrogens with one attached hydrogen (secondary N) is 1. The number of hydrogen-bond acceptors (Lipinski definition) is 2. The molecule has 1 aliphatic heterocycles. The van der Waals surface area contributed by atoms with Gasteiger partial charge in [0, 0.05) is 4.46 Å². The van der Waals surface area contributed by atoms with Gasteiger partial charge in [-0.2, -0.15) is 0 Å². The summed E-state index contributed by atoms with van der Waals surface area (Å²) in [6, 6.07) is 0. The first-order valence-electron chi connectivity index (χ1n) is 4.94. The van der Waals surface area contributed by atoms with Crippen LogP contribution < -0.4 is 5.32 Å². The second-order valence-corrected chi connectivity index (χ2v) is 8.07. The van der Waals surface area contributed by atoms with Crippen molar-refractivity contribution in [2.75, 3.05) is 6.54 Å². The summed E-state index contributed by atoms with van der Waals surface area (Å²) in [7, 11) is 0. The Kier molecular flexibility index (Phi) is 2.90. The van der Waals surface area contributed by atoms with E-state index in [4.69, 9.17) is 0 Å². The van der Waals surface area contributed by atoms with E-state index in [1.54, 1.807) is 0 Å². The van der Waals surface area contributed by atoms with Crippen LogP contribution in [-0.4, -0.2) is 34.7 Å². The van der Waals surface area contributed by atoms with E-state index in [-0.39, 0.29) is 8.86 Å². The molecule has 1 fully saturated rings. The third-order valence-corrected chi connectivity index (χ3v) is 8.17. The summed E-state index contributed by atoms with van der Waals surface area (Å²) in [5, 5.41) is 13.4. The molecule has 0 spiro atoms. The topological polar surface area (TPSA) is 32.3 Å². The Morgan fingerprint density at radius 3 is 2.25 bits per heavy atom. The molecular weight excluding hydrogens is 165 g/mol. The molecule has 70 valence electrons. The van der Waals surface area contributed by atoms with Crippen LogP contribution in [-0.2, 0) is 0 Å². The van der Waals surface area contributed by atoms with Gasteiger partial charge in [0.05, 0.1) is 0 Å². The van der Waals surface area contributed by atoms with Crippen LogP contribution in [0.4, 0.5) is 0 Å². The molecule has 1 aliphatic rings. The molecular formula is C9H20AlNO. The van der Waals surface area contributed by atoms with Gasteiger partial charge in [0.2, 0.25) is 0 Å². The highest BCUT2D eigenvalue weighted by atomic mass is 27.2. The van der Waals surface area contributed by atoms with Crippen LogP contribution in [0, 0.1) is 0 Å². The van der Waals surface area contributed by atoms with E-state index < -0.39 is 14.1 Å². The van der Waals surface area contributed by atoms with Crippen molar-refractivity contribution in [3.8, 4) is 0 Å². The van der Waals surface area contributed by atoms with Crippen LogP contribution in [0.1, 0.15) is 33.6 Å². The van der Waals surface area contributed by atoms with E-state index in [1.165, 1.54) is 12.8 Å². The highest BCUT2D eigenvalue weighted by Crippen LogP contribution is 2.45. The number of rotatable bonds is 4. The van der Waals surface area contributed by atoms with E-state index in [0.717, 1.165) is 6.54 Å².